The molecule has 0 aliphatic rings. The van der Waals surface area contributed by atoms with Crippen LogP contribution in [-0.4, -0.2) is 57.1 Å². The topological polar surface area (TPSA) is 98.6 Å². The Morgan fingerprint density at radius 2 is 1.80 bits per heavy atom. The molecule has 0 amide bonds. The second-order valence-electron chi connectivity index (χ2n) is 9.64. The molecule has 3 atom stereocenters. The van der Waals surface area contributed by atoms with Crippen molar-refractivity contribution in [2.24, 2.45) is 5.73 Å². The monoisotopic (exact) mass is 479 g/mol. The maximum absolute atomic E-state index is 6.80. The van der Waals surface area contributed by atoms with Gasteiger partial charge < -0.3 is 25.9 Å². The number of aromatic nitrogens is 4. The molecule has 2 aromatic heterocycles. The summed E-state index contributed by atoms with van der Waals surface area (Å²) < 4.78 is 0. The Morgan fingerprint density at radius 3 is 2.49 bits per heavy atom. The van der Waals surface area contributed by atoms with E-state index in [0.717, 1.165) is 36.7 Å². The molecule has 0 bridgehead atoms. The zero-order valence-corrected chi connectivity index (χ0v) is 21.8. The van der Waals surface area contributed by atoms with E-state index in [2.05, 4.69) is 76.3 Å². The van der Waals surface area contributed by atoms with E-state index in [1.54, 1.807) is 6.20 Å². The highest BCUT2D eigenvalue weighted by Crippen LogP contribution is 2.23. The van der Waals surface area contributed by atoms with Crippen LogP contribution in [0.4, 0.5) is 0 Å². The molecule has 3 rings (SSSR count). The second kappa shape index (κ2) is 14.8. The van der Waals surface area contributed by atoms with Gasteiger partial charge in [-0.15, -0.1) is 0 Å². The lowest BCUT2D eigenvalue weighted by Gasteiger charge is -2.27. The number of hydrogen-bond donors (Lipinski definition) is 4. The summed E-state index contributed by atoms with van der Waals surface area (Å²) in [6, 6.07) is 10.9. The summed E-state index contributed by atoms with van der Waals surface area (Å²) in [5, 5.41) is 3.69. The van der Waals surface area contributed by atoms with Gasteiger partial charge in [0.15, 0.2) is 0 Å². The fourth-order valence-corrected chi connectivity index (χ4v) is 4.76. The number of hydrogen-bond acceptors (Lipinski definition) is 5. The molecule has 3 aromatic rings. The Morgan fingerprint density at radius 1 is 1.03 bits per heavy atom. The van der Waals surface area contributed by atoms with Crippen molar-refractivity contribution < 1.29 is 0 Å². The van der Waals surface area contributed by atoms with Crippen molar-refractivity contribution in [1.82, 2.24) is 30.2 Å². The number of benzene rings is 1. The third kappa shape index (κ3) is 8.91. The van der Waals surface area contributed by atoms with Crippen LogP contribution < -0.4 is 11.1 Å². The van der Waals surface area contributed by atoms with Crippen LogP contribution in [0.15, 0.2) is 48.9 Å². The molecule has 0 radical (unpaired) electrons. The number of nitrogens with one attached hydrogen (secondary N) is 3. The molecule has 35 heavy (non-hydrogen) atoms. The third-order valence-electron chi connectivity index (χ3n) is 6.69. The first-order valence-corrected chi connectivity index (χ1v) is 13.4. The van der Waals surface area contributed by atoms with Crippen LogP contribution in [-0.2, 0) is 6.42 Å². The normalized spacial score (nSPS) is 14.3. The molecule has 2 heterocycles. The highest BCUT2D eigenvalue weighted by atomic mass is 15.1. The Balaban J connectivity index is 1.53. The molecule has 0 aliphatic carbocycles. The molecule has 192 valence electrons. The Labute approximate surface area is 211 Å². The van der Waals surface area contributed by atoms with Crippen LogP contribution in [0.5, 0.6) is 0 Å². The summed E-state index contributed by atoms with van der Waals surface area (Å²) >= 11 is 0. The van der Waals surface area contributed by atoms with Gasteiger partial charge in [-0.1, -0.05) is 50.6 Å². The van der Waals surface area contributed by atoms with Crippen LogP contribution in [0.2, 0.25) is 0 Å². The molecule has 7 heteroatoms. The van der Waals surface area contributed by atoms with E-state index in [-0.39, 0.29) is 18.0 Å². The lowest BCUT2D eigenvalue weighted by atomic mass is 9.88. The first-order chi connectivity index (χ1) is 17.1. The van der Waals surface area contributed by atoms with Gasteiger partial charge >= 0.3 is 0 Å². The Hall–Kier alpha value is -2.48. The van der Waals surface area contributed by atoms with Crippen molar-refractivity contribution in [3.05, 3.63) is 71.8 Å². The molecular formula is C28H45N7. The van der Waals surface area contributed by atoms with Crippen LogP contribution >= 0.6 is 0 Å². The van der Waals surface area contributed by atoms with E-state index >= 15 is 0 Å². The molecule has 0 spiro atoms. The van der Waals surface area contributed by atoms with Gasteiger partial charge in [-0.3, -0.25) is 0 Å². The smallest absolute Gasteiger partial charge is 0.123 e. The minimum absolute atomic E-state index is 0.107. The van der Waals surface area contributed by atoms with Crippen LogP contribution in [0.3, 0.4) is 0 Å². The molecular weight excluding hydrogens is 434 g/mol. The SMILES string of the molecule is CCCN(CCC)CCCCC(N)C(CNC(C)c1nc(Cc2ncc[nH]2)c[nH]1)c1ccccc1. The quantitative estimate of drug-likeness (QED) is 0.209. The van der Waals surface area contributed by atoms with Crippen molar-refractivity contribution in [1.29, 1.82) is 0 Å². The number of H-pyrrole nitrogens is 2. The van der Waals surface area contributed by atoms with E-state index in [1.807, 2.05) is 12.4 Å². The maximum Gasteiger partial charge on any atom is 0.123 e. The summed E-state index contributed by atoms with van der Waals surface area (Å²) in [7, 11) is 0. The number of unbranched alkanes of at least 4 members (excludes halogenated alkanes) is 1. The predicted molar refractivity (Wildman–Crippen MR) is 144 cm³/mol. The standard InChI is InChI=1S/C28H45N7/c1-4-16-35(17-5-2)18-10-9-13-26(29)25(23-11-7-6-8-12-23)21-32-22(3)28-33-20-24(34-28)19-27-30-14-15-31-27/h6-8,11-12,14-15,20,22,25-26,32H,4-5,9-10,13,16-19,21,29H2,1-3H3,(H,30,31)(H,33,34). The van der Waals surface area contributed by atoms with Gasteiger partial charge in [-0.2, -0.15) is 0 Å². The Kier molecular flexibility index (Phi) is 11.5. The van der Waals surface area contributed by atoms with Crippen LogP contribution in [0, 0.1) is 0 Å². The molecule has 0 fully saturated rings. The maximum atomic E-state index is 6.80. The zero-order valence-electron chi connectivity index (χ0n) is 21.8. The largest absolute Gasteiger partial charge is 0.348 e. The molecule has 0 saturated heterocycles. The molecule has 3 unspecified atom stereocenters. The third-order valence-corrected chi connectivity index (χ3v) is 6.69. The molecule has 7 nitrogen and oxygen atoms in total. The van der Waals surface area contributed by atoms with Gasteiger partial charge in [-0.25, -0.2) is 9.97 Å². The van der Waals surface area contributed by atoms with Gasteiger partial charge in [0, 0.05) is 43.5 Å². The van der Waals surface area contributed by atoms with Gasteiger partial charge in [0.05, 0.1) is 11.7 Å². The van der Waals surface area contributed by atoms with Crippen molar-refractivity contribution in [2.75, 3.05) is 26.2 Å². The summed E-state index contributed by atoms with van der Waals surface area (Å²) in [6.45, 7) is 11.1. The van der Waals surface area contributed by atoms with E-state index in [4.69, 9.17) is 10.7 Å². The minimum atomic E-state index is 0.107. The average Bonchev–Trinajstić information content (AvgIpc) is 3.55. The summed E-state index contributed by atoms with van der Waals surface area (Å²) in [6.07, 6.45) is 12.1. The predicted octanol–water partition coefficient (Wildman–Crippen LogP) is 4.78. The fraction of sp³-hybridized carbons (Fsp3) is 0.571. The molecule has 0 saturated carbocycles. The molecule has 5 N–H and O–H groups in total. The molecule has 1 aromatic carbocycles. The number of imidazole rings is 2. The Bertz CT molecular complexity index is 916. The average molecular weight is 480 g/mol. The number of nitrogens with zero attached hydrogens (tertiary/aromatic N) is 3. The van der Waals surface area contributed by atoms with Gasteiger partial charge in [0.2, 0.25) is 0 Å². The van der Waals surface area contributed by atoms with E-state index in [1.165, 1.54) is 44.5 Å². The van der Waals surface area contributed by atoms with Gasteiger partial charge in [-0.05, 0) is 57.8 Å². The number of aromatic amines is 2. The minimum Gasteiger partial charge on any atom is -0.348 e. The summed E-state index contributed by atoms with van der Waals surface area (Å²) in [4.78, 5) is 18.1. The van der Waals surface area contributed by atoms with Gasteiger partial charge in [0.1, 0.15) is 11.6 Å². The fourth-order valence-electron chi connectivity index (χ4n) is 4.76. The van der Waals surface area contributed by atoms with Crippen LogP contribution in [0.25, 0.3) is 0 Å². The lowest BCUT2D eigenvalue weighted by Crippen LogP contribution is -2.37. The lowest BCUT2D eigenvalue weighted by molar-refractivity contribution is 0.266. The number of rotatable bonds is 17. The highest BCUT2D eigenvalue weighted by molar-refractivity contribution is 5.22. The molecule has 0 aliphatic heterocycles. The van der Waals surface area contributed by atoms with Crippen molar-refractivity contribution in [3.63, 3.8) is 0 Å². The highest BCUT2D eigenvalue weighted by Gasteiger charge is 2.21. The van der Waals surface area contributed by atoms with E-state index in [0.29, 0.717) is 6.42 Å². The van der Waals surface area contributed by atoms with Crippen molar-refractivity contribution in [3.8, 4) is 0 Å². The van der Waals surface area contributed by atoms with E-state index in [9.17, 15) is 0 Å². The van der Waals surface area contributed by atoms with E-state index < -0.39 is 0 Å². The first-order valence-electron chi connectivity index (χ1n) is 13.4. The van der Waals surface area contributed by atoms with Crippen LogP contribution in [0.1, 0.15) is 87.7 Å². The van der Waals surface area contributed by atoms with Crippen molar-refractivity contribution >= 4 is 0 Å². The summed E-state index contributed by atoms with van der Waals surface area (Å²) in [5.74, 6) is 2.13. The van der Waals surface area contributed by atoms with Gasteiger partial charge in [0.25, 0.3) is 0 Å². The number of nitrogens with two attached hydrogens (primary N) is 1. The zero-order chi connectivity index (χ0) is 24.9. The first kappa shape index (κ1) is 27.1. The second-order valence-corrected chi connectivity index (χ2v) is 9.64. The van der Waals surface area contributed by atoms with Crippen molar-refractivity contribution in [2.45, 2.75) is 77.3 Å². The summed E-state index contributed by atoms with van der Waals surface area (Å²) in [5.41, 5.74) is 9.09.